The highest BCUT2D eigenvalue weighted by Crippen LogP contribution is 2.21. The first-order valence-corrected chi connectivity index (χ1v) is 9.83. The van der Waals surface area contributed by atoms with Gasteiger partial charge in [-0.1, -0.05) is 26.7 Å². The van der Waals surface area contributed by atoms with E-state index in [2.05, 4.69) is 34.4 Å². The molecule has 0 spiro atoms. The number of nitrogens with zero attached hydrogens (tertiary/aromatic N) is 2. The summed E-state index contributed by atoms with van der Waals surface area (Å²) in [4.78, 5) is 19.2. The monoisotopic (exact) mass is 344 g/mol. The van der Waals surface area contributed by atoms with Crippen LogP contribution in [-0.2, 0) is 0 Å². The third-order valence-corrected chi connectivity index (χ3v) is 5.28. The molecular formula is C20H32N4O. The molecule has 1 amide bonds. The van der Waals surface area contributed by atoms with Crippen molar-refractivity contribution in [3.8, 4) is 0 Å². The predicted octanol–water partition coefficient (Wildman–Crippen LogP) is 3.14. The Labute approximate surface area is 151 Å². The van der Waals surface area contributed by atoms with Crippen LogP contribution in [0.4, 0.5) is 5.82 Å². The summed E-state index contributed by atoms with van der Waals surface area (Å²) in [6, 6.07) is 4.34. The summed E-state index contributed by atoms with van der Waals surface area (Å²) in [5.41, 5.74) is 0.647. The third kappa shape index (κ3) is 5.43. The number of pyridine rings is 1. The highest BCUT2D eigenvalue weighted by molar-refractivity contribution is 5.94. The van der Waals surface area contributed by atoms with Gasteiger partial charge in [0.05, 0.1) is 5.56 Å². The number of nitrogens with one attached hydrogen (secondary N) is 2. The molecule has 25 heavy (non-hydrogen) atoms. The number of hydrogen-bond donors (Lipinski definition) is 2. The summed E-state index contributed by atoms with van der Waals surface area (Å²) in [6.07, 6.45) is 7.90. The van der Waals surface area contributed by atoms with Crippen molar-refractivity contribution in [1.82, 2.24) is 15.2 Å². The van der Waals surface area contributed by atoms with Crippen LogP contribution in [0, 0.1) is 11.8 Å². The first kappa shape index (κ1) is 18.2. The lowest BCUT2D eigenvalue weighted by Gasteiger charge is -2.18. The van der Waals surface area contributed by atoms with Crippen LogP contribution >= 0.6 is 0 Å². The average Bonchev–Trinajstić information content (AvgIpc) is 3.25. The lowest BCUT2D eigenvalue weighted by Crippen LogP contribution is -2.32. The van der Waals surface area contributed by atoms with Crippen molar-refractivity contribution < 1.29 is 4.79 Å². The van der Waals surface area contributed by atoms with Gasteiger partial charge in [0.2, 0.25) is 0 Å². The summed E-state index contributed by atoms with van der Waals surface area (Å²) >= 11 is 0. The Morgan fingerprint density at radius 2 is 2.08 bits per heavy atom. The van der Waals surface area contributed by atoms with Crippen LogP contribution < -0.4 is 10.6 Å². The molecule has 2 fully saturated rings. The van der Waals surface area contributed by atoms with E-state index in [-0.39, 0.29) is 5.91 Å². The number of amides is 1. The summed E-state index contributed by atoms with van der Waals surface area (Å²) in [5.74, 6) is 2.14. The third-order valence-electron chi connectivity index (χ3n) is 5.28. The average molecular weight is 345 g/mol. The molecule has 1 aliphatic heterocycles. The Bertz CT molecular complexity index is 551. The molecule has 0 aromatic carbocycles. The summed E-state index contributed by atoms with van der Waals surface area (Å²) in [6.45, 7) is 8.68. The van der Waals surface area contributed by atoms with Crippen LogP contribution in [0.3, 0.4) is 0 Å². The smallest absolute Gasteiger partial charge is 0.252 e. The molecule has 0 unspecified atom stereocenters. The van der Waals surface area contributed by atoms with E-state index in [0.717, 1.165) is 32.0 Å². The second kappa shape index (κ2) is 8.65. The fourth-order valence-corrected chi connectivity index (χ4v) is 3.99. The van der Waals surface area contributed by atoms with Gasteiger partial charge in [0.25, 0.3) is 5.91 Å². The molecule has 1 aliphatic carbocycles. The number of likely N-dealkylation sites (tertiary alicyclic amines) is 1. The van der Waals surface area contributed by atoms with Crippen molar-refractivity contribution in [1.29, 1.82) is 0 Å². The Kier molecular flexibility index (Phi) is 6.29. The summed E-state index contributed by atoms with van der Waals surface area (Å²) in [5, 5.41) is 6.54. The number of anilines is 1. The van der Waals surface area contributed by atoms with E-state index in [9.17, 15) is 4.79 Å². The maximum atomic E-state index is 12.3. The van der Waals surface area contributed by atoms with Gasteiger partial charge in [0, 0.05) is 31.9 Å². The van der Waals surface area contributed by atoms with Crippen molar-refractivity contribution >= 4 is 11.7 Å². The minimum Gasteiger partial charge on any atom is -0.367 e. The van der Waals surface area contributed by atoms with Gasteiger partial charge in [0.1, 0.15) is 5.82 Å². The van der Waals surface area contributed by atoms with Crippen LogP contribution in [0.2, 0.25) is 0 Å². The van der Waals surface area contributed by atoms with Crippen molar-refractivity contribution in [2.24, 2.45) is 11.8 Å². The van der Waals surface area contributed by atoms with E-state index < -0.39 is 0 Å². The largest absolute Gasteiger partial charge is 0.367 e. The first-order chi connectivity index (χ1) is 12.1. The van der Waals surface area contributed by atoms with Gasteiger partial charge >= 0.3 is 0 Å². The SMILES string of the molecule is CC(C)CN1CC[C@H](CNC(=O)c2ccc(NC3CCCC3)nc2)C1. The molecule has 1 aromatic rings. The molecule has 138 valence electrons. The molecule has 5 nitrogen and oxygen atoms in total. The highest BCUT2D eigenvalue weighted by atomic mass is 16.1. The molecule has 1 aromatic heterocycles. The highest BCUT2D eigenvalue weighted by Gasteiger charge is 2.23. The van der Waals surface area contributed by atoms with Gasteiger partial charge in [-0.15, -0.1) is 0 Å². The lowest BCUT2D eigenvalue weighted by atomic mass is 10.1. The molecule has 1 atom stereocenters. The number of carbonyl (C=O) groups excluding carboxylic acids is 1. The Balaban J connectivity index is 1.42. The number of hydrogen-bond acceptors (Lipinski definition) is 4. The Morgan fingerprint density at radius 1 is 1.28 bits per heavy atom. The predicted molar refractivity (Wildman–Crippen MR) is 102 cm³/mol. The molecule has 0 radical (unpaired) electrons. The van der Waals surface area contributed by atoms with Gasteiger partial charge in [-0.05, 0) is 49.8 Å². The molecule has 0 bridgehead atoms. The molecule has 1 saturated heterocycles. The molecule has 3 rings (SSSR count). The van der Waals surface area contributed by atoms with Crippen LogP contribution in [-0.4, -0.2) is 48.0 Å². The minimum atomic E-state index is -0.0118. The maximum absolute atomic E-state index is 12.3. The topological polar surface area (TPSA) is 57.3 Å². The van der Waals surface area contributed by atoms with Crippen LogP contribution in [0.25, 0.3) is 0 Å². The number of rotatable bonds is 7. The lowest BCUT2D eigenvalue weighted by molar-refractivity contribution is 0.0947. The minimum absolute atomic E-state index is 0.0118. The molecular weight excluding hydrogens is 312 g/mol. The zero-order chi connectivity index (χ0) is 17.6. The zero-order valence-corrected chi connectivity index (χ0v) is 15.6. The van der Waals surface area contributed by atoms with E-state index in [0.29, 0.717) is 23.4 Å². The van der Waals surface area contributed by atoms with E-state index in [4.69, 9.17) is 0 Å². The van der Waals surface area contributed by atoms with Gasteiger partial charge in [-0.3, -0.25) is 4.79 Å². The molecule has 2 N–H and O–H groups in total. The first-order valence-electron chi connectivity index (χ1n) is 9.83. The zero-order valence-electron chi connectivity index (χ0n) is 15.6. The fraction of sp³-hybridized carbons (Fsp3) is 0.700. The van der Waals surface area contributed by atoms with E-state index >= 15 is 0 Å². The Hall–Kier alpha value is -1.62. The number of aromatic nitrogens is 1. The number of carbonyl (C=O) groups is 1. The molecule has 2 heterocycles. The fourth-order valence-electron chi connectivity index (χ4n) is 3.99. The normalized spacial score (nSPS) is 21.8. The quantitative estimate of drug-likeness (QED) is 0.798. The van der Waals surface area contributed by atoms with Crippen LogP contribution in [0.15, 0.2) is 18.3 Å². The maximum Gasteiger partial charge on any atom is 0.252 e. The van der Waals surface area contributed by atoms with E-state index in [1.165, 1.54) is 32.1 Å². The van der Waals surface area contributed by atoms with Gasteiger partial charge in [-0.25, -0.2) is 4.98 Å². The second-order valence-electron chi connectivity index (χ2n) is 8.08. The standard InChI is InChI=1S/C20H32N4O/c1-15(2)13-24-10-9-16(14-24)11-22-20(25)17-7-8-19(21-12-17)23-18-5-3-4-6-18/h7-8,12,15-16,18H,3-6,9-11,13-14H2,1-2H3,(H,21,23)(H,22,25)/t16-/m1/s1. The van der Waals surface area contributed by atoms with Gasteiger partial charge in [-0.2, -0.15) is 0 Å². The van der Waals surface area contributed by atoms with Gasteiger partial charge < -0.3 is 15.5 Å². The summed E-state index contributed by atoms with van der Waals surface area (Å²) in [7, 11) is 0. The van der Waals surface area contributed by atoms with E-state index in [1.807, 2.05) is 12.1 Å². The second-order valence-corrected chi connectivity index (χ2v) is 8.08. The van der Waals surface area contributed by atoms with Crippen molar-refractivity contribution in [3.05, 3.63) is 23.9 Å². The molecule has 2 aliphatic rings. The Morgan fingerprint density at radius 3 is 2.76 bits per heavy atom. The summed E-state index contributed by atoms with van der Waals surface area (Å²) < 4.78 is 0. The van der Waals surface area contributed by atoms with Crippen molar-refractivity contribution in [2.45, 2.75) is 52.0 Å². The van der Waals surface area contributed by atoms with Crippen LogP contribution in [0.1, 0.15) is 56.3 Å². The van der Waals surface area contributed by atoms with Crippen LogP contribution in [0.5, 0.6) is 0 Å². The van der Waals surface area contributed by atoms with E-state index in [1.54, 1.807) is 6.20 Å². The van der Waals surface area contributed by atoms with Gasteiger partial charge in [0.15, 0.2) is 0 Å². The van der Waals surface area contributed by atoms with Crippen molar-refractivity contribution in [2.75, 3.05) is 31.5 Å². The molecule has 5 heteroatoms. The van der Waals surface area contributed by atoms with Crippen molar-refractivity contribution in [3.63, 3.8) is 0 Å². The molecule has 1 saturated carbocycles.